The molecule has 56 heteroatoms. The van der Waals surface area contributed by atoms with Crippen molar-refractivity contribution in [1.82, 2.24) is 68.9 Å². The van der Waals surface area contributed by atoms with Crippen LogP contribution in [0.25, 0.3) is 0 Å². The molecular weight excluding hydrogens is 2020 g/mol. The Balaban J connectivity index is -0.00000115. The fourth-order valence-electron chi connectivity index (χ4n) is 13.1. The number of nitrogens with one attached hydrogen (secondary N) is 5. The van der Waals surface area contributed by atoms with E-state index in [1.165, 1.54) is 67.8 Å². The van der Waals surface area contributed by atoms with Crippen LogP contribution in [-0.2, 0) is 233 Å². The molecule has 0 aliphatic carbocycles. The molecule has 2 unspecified atom stereocenters. The van der Waals surface area contributed by atoms with Crippen LogP contribution < -0.4 is 25.4 Å². The zero-order chi connectivity index (χ0) is 102. The molecule has 2 aromatic carbocycles. The van der Waals surface area contributed by atoms with Crippen LogP contribution in [0.1, 0.15) is 144 Å². The van der Waals surface area contributed by atoms with Gasteiger partial charge in [-0.3, -0.25) is 90.1 Å². The first-order valence-corrected chi connectivity index (χ1v) is 40.9. The summed E-state index contributed by atoms with van der Waals surface area (Å²) >= 11 is -5.06. The zero-order valence-corrected chi connectivity index (χ0v) is 77.4. The SMILES string of the molecule is O=C(O)CCC(CCC(=O)O)(CCC(=O)O)NC(=O)Cn1ccnc1CN(CCc1ccc(NS(=O)[O-])cc1)Cc1nccn1CC(=O)NC(CCC(=O)O)(CCC(=O)O)CCC(=O)O.O=COCCC(CCC(=O)O)(CCC(=O)O)NC(=O)Cn1ccnc1CN(CCc1ccc(NS(=O)[O-])cc1)Cc1nccn1CC(=O)N(CC(=O)O)CC(=O)O.[C-]#[O+].[C-]#[O+].[C-]#[O+].[C-]#[O+].[C-]#[O+].[C-]#[O+].[Tc].[Tc]. The van der Waals surface area contributed by atoms with Crippen molar-refractivity contribution >= 4 is 124 Å². The molecule has 4 amide bonds. The van der Waals surface area contributed by atoms with E-state index in [9.17, 15) is 141 Å². The summed E-state index contributed by atoms with van der Waals surface area (Å²) in [5.74, 6) is -13.8. The second-order valence-electron chi connectivity index (χ2n) is 28.3. The maximum atomic E-state index is 13.6. The summed E-state index contributed by atoms with van der Waals surface area (Å²) in [6.07, 6.45) is 7.19. The van der Waals surface area contributed by atoms with Crippen molar-refractivity contribution in [2.45, 2.75) is 191 Å². The molecule has 6 rings (SSSR count). The minimum absolute atomic E-state index is 0. The van der Waals surface area contributed by atoms with Gasteiger partial charge in [0.1, 0.15) is 62.6 Å². The number of aliphatic carboxylic acids is 10. The Morgan fingerprint density at radius 2 is 0.603 bits per heavy atom. The summed E-state index contributed by atoms with van der Waals surface area (Å²) < 4.78 is 105. The summed E-state index contributed by atoms with van der Waals surface area (Å²) in [7, 11) is 0. The number of aromatic nitrogens is 8. The minimum Gasteiger partial charge on any atom is 0 e. The van der Waals surface area contributed by atoms with Crippen molar-refractivity contribution in [2.75, 3.05) is 42.2 Å². The number of ether oxygens (including phenoxy) is 1. The Morgan fingerprint density at radius 1 is 0.375 bits per heavy atom. The molecule has 0 saturated heterocycles. The standard InChI is InChI=1S/C40H54N8O16S.C34H44N8O14S.6CO.2Tc/c49-31(43-39(12-5-33(51)52,13-6-34(53)54)14-7-35(55)56)25-47-21-18-41-29(47)23-46(20-11-27-1-3-28(4-2-27)45-65(63)64)24-30-42-19-22-48(30)26-32(50)44-40(15-8-36(57)58,16-9-37(59)60)17-10-38(61)62;43-23-56-16-10-34(8-5-30(46)47,9-6-31(48)49)37-28(44)19-40-14-11-35-26(40)17-39(13-7-24-1-3-25(4-2-24)38-57(54)55)18-27-36-12-15-41(27)20-29(45)42(21-32(50)51)22-33(52)53;6*1-2;;/h1-4,18-19,21-22,45H,5-17,20,23-26H2,(H,43,49)(H,44,50)(H,51,52)(H,53,54)(H,55,56)(H,57,58)(H,59,60)(H,61,62)(H,63,64);1-4,11-12,14-15,23,38H,5-10,13,16-22H2,(H,37,44)(H,46,47)(H,48,49)(H,50,51)(H,52,53)(H,54,55);;;;;;;;/p-2. The molecule has 0 aliphatic rings. The number of amides is 4. The molecule has 0 spiro atoms. The predicted octanol–water partition coefficient (Wildman–Crippen LogP) is 0.875. The maximum absolute atomic E-state index is 13.6. The molecule has 15 N–H and O–H groups in total. The van der Waals surface area contributed by atoms with Crippen molar-refractivity contribution in [3.8, 4) is 0 Å². The van der Waals surface area contributed by atoms with Gasteiger partial charge in [0.2, 0.25) is 23.6 Å². The average molecular weight is 2120 g/mol. The molecule has 740 valence electrons. The molecule has 52 nitrogen and oxygen atoms in total. The van der Waals surface area contributed by atoms with E-state index in [2.05, 4.69) is 85.2 Å². The van der Waals surface area contributed by atoms with Gasteiger partial charge >= 0.3 is 128 Å². The van der Waals surface area contributed by atoms with Crippen LogP contribution in [0.5, 0.6) is 0 Å². The number of carbonyl (C=O) groups excluding carboxylic acids is 5. The van der Waals surface area contributed by atoms with Crippen LogP contribution in [0, 0.1) is 39.9 Å². The van der Waals surface area contributed by atoms with E-state index in [0.29, 0.717) is 65.5 Å². The van der Waals surface area contributed by atoms with Crippen molar-refractivity contribution in [3.05, 3.63) is 172 Å². The van der Waals surface area contributed by atoms with Crippen LogP contribution in [0.4, 0.5) is 11.4 Å². The molecule has 4 aromatic heterocycles. The third kappa shape index (κ3) is 54.8. The maximum Gasteiger partial charge on any atom is 0 e. The monoisotopic (exact) mass is 2110 g/mol. The molecule has 136 heavy (non-hydrogen) atoms. The van der Waals surface area contributed by atoms with Gasteiger partial charge in [0.15, 0.2) is 0 Å². The number of hydrogen-bond donors (Lipinski definition) is 15. The van der Waals surface area contributed by atoms with Crippen LogP contribution in [0.15, 0.2) is 98.1 Å². The summed E-state index contributed by atoms with van der Waals surface area (Å²) in [5.41, 5.74) is -1.99. The van der Waals surface area contributed by atoms with Gasteiger partial charge in [-0.05, 0) is 99.6 Å². The first-order chi connectivity index (χ1) is 63.7. The minimum atomic E-state index is -2.54. The van der Waals surface area contributed by atoms with E-state index in [4.69, 9.17) is 32.6 Å². The first-order valence-electron chi connectivity index (χ1n) is 38.8. The number of anilines is 2. The normalized spacial score (nSPS) is 10.8. The Hall–Kier alpha value is -13.2. The summed E-state index contributed by atoms with van der Waals surface area (Å²) in [6, 6.07) is 13.2. The van der Waals surface area contributed by atoms with Gasteiger partial charge in [-0.25, -0.2) is 19.9 Å². The Morgan fingerprint density at radius 3 is 0.816 bits per heavy atom. The molecule has 0 bridgehead atoms. The molecule has 0 aliphatic heterocycles. The largest absolute Gasteiger partial charge is 0 e. The fraction of sp³-hybridized carbons (Fsp3) is 0.438. The molecule has 0 saturated carbocycles. The van der Waals surface area contributed by atoms with Crippen molar-refractivity contribution in [2.24, 2.45) is 0 Å². The van der Waals surface area contributed by atoms with Crippen molar-refractivity contribution in [3.63, 3.8) is 0 Å². The molecule has 0 fully saturated rings. The van der Waals surface area contributed by atoms with Gasteiger partial charge in [0.25, 0.3) is 6.47 Å². The van der Waals surface area contributed by atoms with Gasteiger partial charge in [0.05, 0.1) is 32.8 Å². The average Bonchev–Trinajstić information content (AvgIpc) is 1.59. The molecule has 2 atom stereocenters. The van der Waals surface area contributed by atoms with Crippen LogP contribution in [0.3, 0.4) is 0 Å². The van der Waals surface area contributed by atoms with Crippen molar-refractivity contribution in [1.29, 1.82) is 0 Å². The van der Waals surface area contributed by atoms with E-state index in [0.717, 1.165) is 11.1 Å². The number of rotatable bonds is 61. The van der Waals surface area contributed by atoms with Gasteiger partial charge in [0, 0.05) is 211 Å². The number of imidazole rings is 4. The van der Waals surface area contributed by atoms with Gasteiger partial charge in [-0.15, -0.1) is 0 Å². The third-order valence-electron chi connectivity index (χ3n) is 19.2. The predicted molar refractivity (Wildman–Crippen MR) is 442 cm³/mol. The second kappa shape index (κ2) is 72.3. The zero-order valence-electron chi connectivity index (χ0n) is 72.0. The van der Waals surface area contributed by atoms with Gasteiger partial charge < -0.3 is 113 Å². The number of carbonyl (C=O) groups is 15. The van der Waals surface area contributed by atoms with Crippen LogP contribution >= 0.6 is 0 Å². The Kier molecular flexibility index (Phi) is 68.6. The number of carboxylic acid groups (broad SMARTS) is 10. The Bertz CT molecular complexity index is 4670. The van der Waals surface area contributed by atoms with Crippen molar-refractivity contribution < 1.29 is 213 Å². The number of nitrogens with zero attached hydrogens (tertiary/aromatic N) is 11. The third-order valence-corrected chi connectivity index (χ3v) is 20.0. The topological polar surface area (TPSA) is 808 Å². The first kappa shape index (κ1) is 129. The fourth-order valence-corrected chi connectivity index (χ4v) is 13.7. The number of benzene rings is 2. The smallest absolute Gasteiger partial charge is 0 e. The molecule has 4 heterocycles. The van der Waals surface area contributed by atoms with E-state index in [-0.39, 0.29) is 157 Å². The van der Waals surface area contributed by atoms with Crippen LogP contribution in [0.2, 0.25) is 0 Å². The van der Waals surface area contributed by atoms with Crippen LogP contribution in [-0.4, -0.2) is 261 Å². The van der Waals surface area contributed by atoms with E-state index < -0.39 is 193 Å². The molecule has 6 aromatic rings. The summed E-state index contributed by atoms with van der Waals surface area (Å²) in [4.78, 5) is 201. The molecule has 2 radical (unpaired) electrons. The summed E-state index contributed by atoms with van der Waals surface area (Å²) in [5, 5.41) is 102. The second-order valence-corrected chi connectivity index (χ2v) is 29.6. The summed E-state index contributed by atoms with van der Waals surface area (Å²) in [6.45, 7) is 24.7. The van der Waals surface area contributed by atoms with Gasteiger partial charge in [-0.2, -0.15) is 0 Å². The quantitative estimate of drug-likeness (QED) is 0.00828. The van der Waals surface area contributed by atoms with E-state index >= 15 is 0 Å². The van der Waals surface area contributed by atoms with E-state index in [1.807, 2.05) is 9.80 Å². The van der Waals surface area contributed by atoms with E-state index in [1.54, 1.807) is 48.5 Å². The van der Waals surface area contributed by atoms with Gasteiger partial charge in [-0.1, -0.05) is 24.3 Å². The molecular formula is C80H96N16O36S2Tc2-2. The number of hydrogen-bond acceptors (Lipinski definition) is 26. The Labute approximate surface area is 807 Å². The number of carboxylic acids is 10.